The molecule has 0 aromatic carbocycles. The standard InChI is InChI=1S/C10H17N3O2S/c1-3-4-9(11)8-5-6-13-10(7-8)16(14,15)12-2/h5-7,9,12H,3-4,11H2,1-2H3. The number of rotatable bonds is 5. The second-order valence-corrected chi connectivity index (χ2v) is 5.36. The Bertz CT molecular complexity index is 445. The normalized spacial score (nSPS) is 13.7. The fourth-order valence-corrected chi connectivity index (χ4v) is 2.08. The fraction of sp³-hybridized carbons (Fsp3) is 0.500. The van der Waals surface area contributed by atoms with Crippen LogP contribution >= 0.6 is 0 Å². The number of nitrogens with two attached hydrogens (primary N) is 1. The van der Waals surface area contributed by atoms with Gasteiger partial charge in [-0.3, -0.25) is 0 Å². The van der Waals surface area contributed by atoms with Crippen LogP contribution in [0.5, 0.6) is 0 Å². The Morgan fingerprint density at radius 3 is 2.81 bits per heavy atom. The van der Waals surface area contributed by atoms with Gasteiger partial charge >= 0.3 is 0 Å². The van der Waals surface area contributed by atoms with Crippen LogP contribution < -0.4 is 10.5 Å². The molecule has 0 aliphatic heterocycles. The van der Waals surface area contributed by atoms with Crippen molar-refractivity contribution in [3.8, 4) is 0 Å². The van der Waals surface area contributed by atoms with E-state index in [0.717, 1.165) is 18.4 Å². The lowest BCUT2D eigenvalue weighted by molar-refractivity contribution is 0.583. The van der Waals surface area contributed by atoms with E-state index < -0.39 is 10.0 Å². The average molecular weight is 243 g/mol. The molecule has 90 valence electrons. The van der Waals surface area contributed by atoms with Crippen molar-refractivity contribution in [3.05, 3.63) is 23.9 Å². The summed E-state index contributed by atoms with van der Waals surface area (Å²) in [4.78, 5) is 3.82. The lowest BCUT2D eigenvalue weighted by Gasteiger charge is -2.11. The molecule has 0 bridgehead atoms. The first-order valence-corrected chi connectivity index (χ1v) is 6.64. The molecule has 0 saturated carbocycles. The molecule has 6 heteroatoms. The van der Waals surface area contributed by atoms with Crippen molar-refractivity contribution >= 4 is 10.0 Å². The van der Waals surface area contributed by atoms with Crippen molar-refractivity contribution < 1.29 is 8.42 Å². The fourth-order valence-electron chi connectivity index (χ4n) is 1.38. The molecule has 1 aromatic heterocycles. The van der Waals surface area contributed by atoms with E-state index in [1.165, 1.54) is 19.3 Å². The van der Waals surface area contributed by atoms with Crippen LogP contribution in [0.4, 0.5) is 0 Å². The molecule has 1 rings (SSSR count). The Morgan fingerprint density at radius 1 is 1.56 bits per heavy atom. The van der Waals surface area contributed by atoms with Crippen molar-refractivity contribution in [3.63, 3.8) is 0 Å². The summed E-state index contributed by atoms with van der Waals surface area (Å²) < 4.78 is 25.3. The van der Waals surface area contributed by atoms with Crippen LogP contribution in [0.1, 0.15) is 31.4 Å². The summed E-state index contributed by atoms with van der Waals surface area (Å²) in [7, 11) is -2.13. The van der Waals surface area contributed by atoms with E-state index in [9.17, 15) is 8.42 Å². The molecular formula is C10H17N3O2S. The number of sulfonamides is 1. The van der Waals surface area contributed by atoms with E-state index in [1.807, 2.05) is 6.92 Å². The number of pyridine rings is 1. The van der Waals surface area contributed by atoms with Gasteiger partial charge in [-0.1, -0.05) is 13.3 Å². The van der Waals surface area contributed by atoms with Gasteiger partial charge in [-0.15, -0.1) is 0 Å². The minimum Gasteiger partial charge on any atom is -0.324 e. The van der Waals surface area contributed by atoms with E-state index in [0.29, 0.717) is 0 Å². The van der Waals surface area contributed by atoms with Crippen LogP contribution in [-0.4, -0.2) is 20.4 Å². The van der Waals surface area contributed by atoms with Gasteiger partial charge < -0.3 is 5.73 Å². The molecule has 1 aromatic rings. The number of nitrogens with zero attached hydrogens (tertiary/aromatic N) is 1. The van der Waals surface area contributed by atoms with Crippen LogP contribution in [-0.2, 0) is 10.0 Å². The zero-order chi connectivity index (χ0) is 12.2. The Kier molecular flexibility index (Phi) is 4.40. The Labute approximate surface area is 96.1 Å². The summed E-state index contributed by atoms with van der Waals surface area (Å²) in [5, 5.41) is 0.0130. The molecule has 0 aliphatic rings. The molecule has 1 unspecified atom stereocenters. The summed E-state index contributed by atoms with van der Waals surface area (Å²) in [6.45, 7) is 2.03. The van der Waals surface area contributed by atoms with Gasteiger partial charge in [0.15, 0.2) is 5.03 Å². The van der Waals surface area contributed by atoms with Crippen LogP contribution in [0, 0.1) is 0 Å². The van der Waals surface area contributed by atoms with E-state index >= 15 is 0 Å². The number of aromatic nitrogens is 1. The smallest absolute Gasteiger partial charge is 0.257 e. The van der Waals surface area contributed by atoms with Gasteiger partial charge in [-0.25, -0.2) is 18.1 Å². The monoisotopic (exact) mass is 243 g/mol. The number of hydrogen-bond acceptors (Lipinski definition) is 4. The molecule has 0 aliphatic carbocycles. The Balaban J connectivity index is 3.05. The third kappa shape index (κ3) is 3.01. The molecule has 0 saturated heterocycles. The summed E-state index contributed by atoms with van der Waals surface area (Å²) in [6, 6.07) is 3.13. The second kappa shape index (κ2) is 5.38. The van der Waals surface area contributed by atoms with Gasteiger partial charge in [-0.05, 0) is 31.2 Å². The topological polar surface area (TPSA) is 85.1 Å². The quantitative estimate of drug-likeness (QED) is 0.800. The van der Waals surface area contributed by atoms with Crippen molar-refractivity contribution in [2.24, 2.45) is 5.73 Å². The molecule has 0 amide bonds. The zero-order valence-electron chi connectivity index (χ0n) is 9.47. The predicted octanol–water partition coefficient (Wildman–Crippen LogP) is 0.790. The highest BCUT2D eigenvalue weighted by Crippen LogP contribution is 2.17. The lowest BCUT2D eigenvalue weighted by atomic mass is 10.1. The summed E-state index contributed by atoms with van der Waals surface area (Å²) in [5.74, 6) is 0. The van der Waals surface area contributed by atoms with Crippen molar-refractivity contribution in [1.82, 2.24) is 9.71 Å². The first-order chi connectivity index (χ1) is 7.51. The maximum atomic E-state index is 11.5. The van der Waals surface area contributed by atoms with Gasteiger partial charge in [0.2, 0.25) is 0 Å². The molecule has 0 fully saturated rings. The maximum absolute atomic E-state index is 11.5. The van der Waals surface area contributed by atoms with Crippen molar-refractivity contribution in [2.45, 2.75) is 30.8 Å². The van der Waals surface area contributed by atoms with Crippen LogP contribution in [0.2, 0.25) is 0 Å². The summed E-state index contributed by atoms with van der Waals surface area (Å²) >= 11 is 0. The lowest BCUT2D eigenvalue weighted by Crippen LogP contribution is -2.20. The third-order valence-corrected chi connectivity index (χ3v) is 3.64. The molecule has 1 heterocycles. The predicted molar refractivity (Wildman–Crippen MR) is 62.3 cm³/mol. The third-order valence-electron chi connectivity index (χ3n) is 2.33. The highest BCUT2D eigenvalue weighted by atomic mass is 32.2. The maximum Gasteiger partial charge on any atom is 0.257 e. The van der Waals surface area contributed by atoms with Crippen LogP contribution in [0.15, 0.2) is 23.4 Å². The highest BCUT2D eigenvalue weighted by Gasteiger charge is 2.15. The van der Waals surface area contributed by atoms with Crippen LogP contribution in [0.3, 0.4) is 0 Å². The first kappa shape index (κ1) is 13.1. The van der Waals surface area contributed by atoms with Gasteiger partial charge in [0, 0.05) is 12.2 Å². The molecule has 16 heavy (non-hydrogen) atoms. The largest absolute Gasteiger partial charge is 0.324 e. The average Bonchev–Trinajstić information content (AvgIpc) is 2.29. The van der Waals surface area contributed by atoms with Crippen molar-refractivity contribution in [2.75, 3.05) is 7.05 Å². The van der Waals surface area contributed by atoms with E-state index in [-0.39, 0.29) is 11.1 Å². The molecular weight excluding hydrogens is 226 g/mol. The van der Waals surface area contributed by atoms with Crippen LogP contribution in [0.25, 0.3) is 0 Å². The zero-order valence-corrected chi connectivity index (χ0v) is 10.3. The van der Waals surface area contributed by atoms with Gasteiger partial charge in [-0.2, -0.15) is 0 Å². The second-order valence-electron chi connectivity index (χ2n) is 3.53. The molecule has 1 atom stereocenters. The van der Waals surface area contributed by atoms with Gasteiger partial charge in [0.25, 0.3) is 10.0 Å². The molecule has 0 spiro atoms. The number of hydrogen-bond donors (Lipinski definition) is 2. The SMILES string of the molecule is CCCC(N)c1ccnc(S(=O)(=O)NC)c1. The Hall–Kier alpha value is -0.980. The van der Waals surface area contributed by atoms with E-state index in [1.54, 1.807) is 6.07 Å². The Morgan fingerprint density at radius 2 is 2.25 bits per heavy atom. The van der Waals surface area contributed by atoms with Gasteiger partial charge in [0.05, 0.1) is 0 Å². The van der Waals surface area contributed by atoms with E-state index in [4.69, 9.17) is 5.73 Å². The molecule has 3 N–H and O–H groups in total. The van der Waals surface area contributed by atoms with Gasteiger partial charge in [0.1, 0.15) is 0 Å². The van der Waals surface area contributed by atoms with Crippen molar-refractivity contribution in [1.29, 1.82) is 0 Å². The number of nitrogens with one attached hydrogen (secondary N) is 1. The summed E-state index contributed by atoms with van der Waals surface area (Å²) in [6.07, 6.45) is 3.25. The minimum atomic E-state index is -3.49. The summed E-state index contributed by atoms with van der Waals surface area (Å²) in [5.41, 5.74) is 6.71. The highest BCUT2D eigenvalue weighted by molar-refractivity contribution is 7.89. The van der Waals surface area contributed by atoms with E-state index in [2.05, 4.69) is 9.71 Å². The molecule has 5 nitrogen and oxygen atoms in total. The first-order valence-electron chi connectivity index (χ1n) is 5.16. The minimum absolute atomic E-state index is 0.0130. The molecule has 0 radical (unpaired) electrons.